The fourth-order valence-electron chi connectivity index (χ4n) is 2.99. The molecule has 2 aromatic heterocycles. The van der Waals surface area contributed by atoms with Gasteiger partial charge in [-0.1, -0.05) is 0 Å². The van der Waals surface area contributed by atoms with E-state index in [2.05, 4.69) is 33.6 Å². The third-order valence-corrected chi connectivity index (χ3v) is 5.32. The molecule has 23 heavy (non-hydrogen) atoms. The predicted octanol–water partition coefficient (Wildman–Crippen LogP) is 1.82. The average molecular weight is 331 g/mol. The number of rotatable bonds is 5. The summed E-state index contributed by atoms with van der Waals surface area (Å²) in [6.07, 6.45) is 3.99. The number of nitrogens with zero attached hydrogens (tertiary/aromatic N) is 2. The van der Waals surface area contributed by atoms with Crippen molar-refractivity contribution in [3.63, 3.8) is 0 Å². The molecule has 2 unspecified atom stereocenters. The molecule has 2 aromatic rings. The first-order valence-electron chi connectivity index (χ1n) is 7.76. The Morgan fingerprint density at radius 1 is 1.52 bits per heavy atom. The lowest BCUT2D eigenvalue weighted by Crippen LogP contribution is -2.37. The zero-order valence-corrected chi connectivity index (χ0v) is 13.9. The molecule has 0 radical (unpaired) electrons. The summed E-state index contributed by atoms with van der Waals surface area (Å²) < 4.78 is 0. The second-order valence-corrected chi connectivity index (χ2v) is 6.94. The molecular weight excluding hydrogens is 310 g/mol. The van der Waals surface area contributed by atoms with E-state index in [4.69, 9.17) is 0 Å². The number of aliphatic hydroxyl groups excluding tert-OH is 1. The minimum absolute atomic E-state index is 0.0557. The topological polar surface area (TPSA) is 65.5 Å². The van der Waals surface area contributed by atoms with Crippen molar-refractivity contribution in [2.45, 2.75) is 32.0 Å². The van der Waals surface area contributed by atoms with E-state index in [1.807, 2.05) is 0 Å². The van der Waals surface area contributed by atoms with Crippen LogP contribution >= 0.6 is 11.3 Å². The molecule has 1 aliphatic heterocycles. The van der Waals surface area contributed by atoms with Crippen LogP contribution in [0, 0.1) is 6.92 Å². The molecule has 1 saturated heterocycles. The van der Waals surface area contributed by atoms with Gasteiger partial charge in [0.05, 0.1) is 12.2 Å². The summed E-state index contributed by atoms with van der Waals surface area (Å²) in [6, 6.07) is 5.78. The van der Waals surface area contributed by atoms with Crippen LogP contribution in [0.3, 0.4) is 0 Å². The number of carbonyl (C=O) groups excluding carboxylic acids is 1. The number of hydrogen-bond acceptors (Lipinski definition) is 5. The third kappa shape index (κ3) is 3.77. The van der Waals surface area contributed by atoms with Gasteiger partial charge in [-0.05, 0) is 42.5 Å². The van der Waals surface area contributed by atoms with Crippen LogP contribution in [0.15, 0.2) is 36.0 Å². The summed E-state index contributed by atoms with van der Waals surface area (Å²) in [7, 11) is 0. The summed E-state index contributed by atoms with van der Waals surface area (Å²) >= 11 is 1.74. The maximum atomic E-state index is 12.2. The minimum atomic E-state index is -0.103. The van der Waals surface area contributed by atoms with Gasteiger partial charge in [0.1, 0.15) is 0 Å². The highest BCUT2D eigenvalue weighted by Gasteiger charge is 2.32. The van der Waals surface area contributed by atoms with Gasteiger partial charge in [0.15, 0.2) is 0 Å². The molecule has 0 bridgehead atoms. The molecule has 0 aromatic carbocycles. The third-order valence-electron chi connectivity index (χ3n) is 4.31. The van der Waals surface area contributed by atoms with E-state index < -0.39 is 0 Å². The van der Waals surface area contributed by atoms with Crippen molar-refractivity contribution < 1.29 is 9.90 Å². The Kier molecular flexibility index (Phi) is 5.05. The molecule has 1 fully saturated rings. The number of aliphatic hydroxyl groups is 1. The Morgan fingerprint density at radius 3 is 3.04 bits per heavy atom. The first-order chi connectivity index (χ1) is 11.2. The van der Waals surface area contributed by atoms with E-state index in [0.717, 1.165) is 19.5 Å². The van der Waals surface area contributed by atoms with E-state index in [0.29, 0.717) is 5.56 Å². The predicted molar refractivity (Wildman–Crippen MR) is 90.4 cm³/mol. The van der Waals surface area contributed by atoms with Gasteiger partial charge in [-0.2, -0.15) is 0 Å². The summed E-state index contributed by atoms with van der Waals surface area (Å²) in [4.78, 5) is 19.8. The Balaban J connectivity index is 1.62. The molecule has 3 heterocycles. The van der Waals surface area contributed by atoms with Crippen LogP contribution in [0.25, 0.3) is 0 Å². The molecule has 0 spiro atoms. The molecule has 5 nitrogen and oxygen atoms in total. The molecule has 0 saturated carbocycles. The van der Waals surface area contributed by atoms with Crippen LogP contribution in [0.2, 0.25) is 0 Å². The van der Waals surface area contributed by atoms with E-state index in [1.165, 1.54) is 10.4 Å². The van der Waals surface area contributed by atoms with Crippen molar-refractivity contribution in [2.24, 2.45) is 0 Å². The van der Waals surface area contributed by atoms with Crippen molar-refractivity contribution in [1.29, 1.82) is 0 Å². The maximum absolute atomic E-state index is 12.2. The number of likely N-dealkylation sites (tertiary alicyclic amines) is 1. The normalized spacial score (nSPS) is 21.5. The van der Waals surface area contributed by atoms with E-state index in [1.54, 1.807) is 35.9 Å². The first-order valence-corrected chi connectivity index (χ1v) is 8.64. The van der Waals surface area contributed by atoms with E-state index in [9.17, 15) is 9.90 Å². The second-order valence-electron chi connectivity index (χ2n) is 5.94. The molecule has 122 valence electrons. The molecular formula is C17H21N3O2S. The van der Waals surface area contributed by atoms with Crippen LogP contribution in [0.4, 0.5) is 0 Å². The molecule has 3 rings (SSSR count). The van der Waals surface area contributed by atoms with Crippen molar-refractivity contribution in [3.8, 4) is 0 Å². The SMILES string of the molecule is Cc1ccsc1CN1CC(NC(=O)c2cccnc2)CC1CO. The van der Waals surface area contributed by atoms with Gasteiger partial charge in [-0.3, -0.25) is 14.7 Å². The monoisotopic (exact) mass is 331 g/mol. The van der Waals surface area contributed by atoms with Crippen molar-refractivity contribution >= 4 is 17.2 Å². The quantitative estimate of drug-likeness (QED) is 0.877. The van der Waals surface area contributed by atoms with Crippen molar-refractivity contribution in [2.75, 3.05) is 13.2 Å². The Bertz CT molecular complexity index is 659. The largest absolute Gasteiger partial charge is 0.395 e. The van der Waals surface area contributed by atoms with Crippen LogP contribution in [0.1, 0.15) is 27.2 Å². The highest BCUT2D eigenvalue weighted by atomic mass is 32.1. The van der Waals surface area contributed by atoms with Gasteiger partial charge >= 0.3 is 0 Å². The lowest BCUT2D eigenvalue weighted by atomic mass is 10.1. The summed E-state index contributed by atoms with van der Waals surface area (Å²) in [5.41, 5.74) is 1.86. The van der Waals surface area contributed by atoms with Gasteiger partial charge < -0.3 is 10.4 Å². The van der Waals surface area contributed by atoms with Gasteiger partial charge in [-0.25, -0.2) is 0 Å². The van der Waals surface area contributed by atoms with Gasteiger partial charge in [-0.15, -0.1) is 11.3 Å². The number of thiophene rings is 1. The lowest BCUT2D eigenvalue weighted by Gasteiger charge is -2.22. The first kappa shape index (κ1) is 16.1. The number of pyridine rings is 1. The van der Waals surface area contributed by atoms with Gasteiger partial charge in [0.25, 0.3) is 5.91 Å². The zero-order valence-electron chi connectivity index (χ0n) is 13.1. The number of nitrogens with one attached hydrogen (secondary N) is 1. The van der Waals surface area contributed by atoms with Crippen LogP contribution < -0.4 is 5.32 Å². The molecule has 2 atom stereocenters. The number of aromatic nitrogens is 1. The zero-order chi connectivity index (χ0) is 16.2. The maximum Gasteiger partial charge on any atom is 0.253 e. The second kappa shape index (κ2) is 7.21. The number of hydrogen-bond donors (Lipinski definition) is 2. The van der Waals surface area contributed by atoms with Crippen molar-refractivity contribution in [3.05, 3.63) is 52.0 Å². The standard InChI is InChI=1S/C17H21N3O2S/c1-12-4-6-23-16(12)10-20-9-14(7-15(20)11-21)19-17(22)13-3-2-5-18-8-13/h2-6,8,14-15,21H,7,9-11H2,1H3,(H,19,22). The molecule has 1 amide bonds. The number of aryl methyl sites for hydroxylation is 1. The highest BCUT2D eigenvalue weighted by molar-refractivity contribution is 7.10. The lowest BCUT2D eigenvalue weighted by molar-refractivity contribution is 0.0937. The summed E-state index contributed by atoms with van der Waals surface area (Å²) in [5, 5.41) is 14.8. The molecule has 2 N–H and O–H groups in total. The van der Waals surface area contributed by atoms with Crippen LogP contribution in [-0.4, -0.2) is 46.1 Å². The van der Waals surface area contributed by atoms with Crippen LogP contribution in [0.5, 0.6) is 0 Å². The number of amides is 1. The molecule has 6 heteroatoms. The van der Waals surface area contributed by atoms with E-state index >= 15 is 0 Å². The van der Waals surface area contributed by atoms with E-state index in [-0.39, 0.29) is 24.6 Å². The Labute approximate surface area is 140 Å². The average Bonchev–Trinajstić information content (AvgIpc) is 3.15. The summed E-state index contributed by atoms with van der Waals surface area (Å²) in [6.45, 7) is 3.81. The fraction of sp³-hybridized carbons (Fsp3) is 0.412. The van der Waals surface area contributed by atoms with Crippen molar-refractivity contribution in [1.82, 2.24) is 15.2 Å². The fourth-order valence-corrected chi connectivity index (χ4v) is 3.92. The van der Waals surface area contributed by atoms with Gasteiger partial charge in [0.2, 0.25) is 0 Å². The van der Waals surface area contributed by atoms with Gasteiger partial charge in [0, 0.05) is 42.4 Å². The molecule has 0 aliphatic carbocycles. The highest BCUT2D eigenvalue weighted by Crippen LogP contribution is 2.24. The Hall–Kier alpha value is -1.76. The van der Waals surface area contributed by atoms with Crippen LogP contribution in [-0.2, 0) is 6.54 Å². The molecule has 1 aliphatic rings. The minimum Gasteiger partial charge on any atom is -0.395 e. The Morgan fingerprint density at radius 2 is 2.39 bits per heavy atom. The summed E-state index contributed by atoms with van der Waals surface area (Å²) in [5.74, 6) is -0.103. The number of carbonyl (C=O) groups is 1. The smallest absolute Gasteiger partial charge is 0.253 e.